The number of carboxylic acids is 1. The van der Waals surface area contributed by atoms with Crippen molar-refractivity contribution in [3.63, 3.8) is 0 Å². The molecule has 0 amide bonds. The van der Waals surface area contributed by atoms with E-state index >= 15 is 0 Å². The van der Waals surface area contributed by atoms with E-state index in [1.807, 2.05) is 6.92 Å². The van der Waals surface area contributed by atoms with Gasteiger partial charge in [0.2, 0.25) is 21.6 Å². The van der Waals surface area contributed by atoms with E-state index in [9.17, 15) is 13.2 Å². The van der Waals surface area contributed by atoms with Crippen LogP contribution in [0.25, 0.3) is 22.7 Å². The van der Waals surface area contributed by atoms with Crippen LogP contribution >= 0.6 is 0 Å². The maximum atomic E-state index is 11.9. The summed E-state index contributed by atoms with van der Waals surface area (Å²) in [7, 11) is -3.68. The molecular formula is C19H21N3O7S. The molecule has 0 aliphatic heterocycles. The van der Waals surface area contributed by atoms with Gasteiger partial charge in [-0.15, -0.1) is 0 Å². The zero-order valence-electron chi connectivity index (χ0n) is 16.9. The predicted octanol–water partition coefficient (Wildman–Crippen LogP) is 2.56. The zero-order valence-corrected chi connectivity index (χ0v) is 17.7. The molecule has 0 radical (unpaired) electrons. The van der Waals surface area contributed by atoms with Gasteiger partial charge in [0.05, 0.1) is 6.61 Å². The van der Waals surface area contributed by atoms with Gasteiger partial charge in [-0.25, -0.2) is 18.2 Å². The van der Waals surface area contributed by atoms with Crippen LogP contribution in [0.15, 0.2) is 21.7 Å². The lowest BCUT2D eigenvalue weighted by atomic mass is 10.1. The SMILES string of the molecule is CCCOc1nc(S(C)(=O)=O)nc2oc(-c3cc(C)c(OCC(=O)O)c(C)c3)nc12. The molecule has 0 aliphatic carbocycles. The molecule has 0 fully saturated rings. The lowest BCUT2D eigenvalue weighted by Gasteiger charge is -2.11. The third kappa shape index (κ3) is 4.51. The van der Waals surface area contributed by atoms with Gasteiger partial charge in [-0.2, -0.15) is 9.97 Å². The summed E-state index contributed by atoms with van der Waals surface area (Å²) < 4.78 is 40.4. The Hall–Kier alpha value is -3.21. The molecule has 3 rings (SSSR count). The van der Waals surface area contributed by atoms with Gasteiger partial charge < -0.3 is 19.0 Å². The summed E-state index contributed by atoms with van der Waals surface area (Å²) in [6, 6.07) is 3.46. The first-order valence-corrected chi connectivity index (χ1v) is 11.0. The molecule has 2 heterocycles. The molecule has 0 unspecified atom stereocenters. The van der Waals surface area contributed by atoms with Crippen molar-refractivity contribution in [2.24, 2.45) is 0 Å². The van der Waals surface area contributed by atoms with Crippen molar-refractivity contribution in [2.75, 3.05) is 19.5 Å². The monoisotopic (exact) mass is 435 g/mol. The number of fused-ring (bicyclic) bond motifs is 1. The Morgan fingerprint density at radius 1 is 1.13 bits per heavy atom. The molecule has 3 aromatic rings. The Morgan fingerprint density at radius 3 is 2.37 bits per heavy atom. The third-order valence-corrected chi connectivity index (χ3v) is 4.87. The van der Waals surface area contributed by atoms with E-state index < -0.39 is 27.6 Å². The van der Waals surface area contributed by atoms with Crippen LogP contribution in [0.3, 0.4) is 0 Å². The summed E-state index contributed by atoms with van der Waals surface area (Å²) >= 11 is 0. The average Bonchev–Trinajstić information content (AvgIpc) is 3.08. The zero-order chi connectivity index (χ0) is 22.1. The van der Waals surface area contributed by atoms with Gasteiger partial charge in [0.15, 0.2) is 12.1 Å². The van der Waals surface area contributed by atoms with Gasteiger partial charge in [-0.1, -0.05) is 6.92 Å². The first-order valence-electron chi connectivity index (χ1n) is 9.07. The number of carbonyl (C=O) groups is 1. The Kier molecular flexibility index (Phi) is 5.92. The average molecular weight is 435 g/mol. The normalized spacial score (nSPS) is 11.6. The van der Waals surface area contributed by atoms with E-state index in [0.29, 0.717) is 35.5 Å². The number of sulfone groups is 1. The van der Waals surface area contributed by atoms with E-state index in [4.69, 9.17) is 19.0 Å². The van der Waals surface area contributed by atoms with Gasteiger partial charge in [-0.05, 0) is 43.5 Å². The number of ether oxygens (including phenoxy) is 2. The number of oxazole rings is 1. The highest BCUT2D eigenvalue weighted by atomic mass is 32.2. The molecular weight excluding hydrogens is 414 g/mol. The second-order valence-corrected chi connectivity index (χ2v) is 8.64. The molecule has 0 atom stereocenters. The lowest BCUT2D eigenvalue weighted by molar-refractivity contribution is -0.139. The molecule has 2 aromatic heterocycles. The van der Waals surface area contributed by atoms with Crippen molar-refractivity contribution in [1.29, 1.82) is 0 Å². The molecule has 10 nitrogen and oxygen atoms in total. The Morgan fingerprint density at radius 2 is 1.80 bits per heavy atom. The fourth-order valence-corrected chi connectivity index (χ4v) is 3.30. The smallest absolute Gasteiger partial charge is 0.341 e. The third-order valence-electron chi connectivity index (χ3n) is 4.03. The standard InChI is InChI=1S/C19H21N3O7S/c1-5-6-27-17-14-18(22-19(21-17)30(4,25)26)29-16(20-14)12-7-10(2)15(11(3)8-12)28-9-13(23)24/h7-8H,5-6,9H2,1-4H3,(H,23,24). The molecule has 0 saturated carbocycles. The summed E-state index contributed by atoms with van der Waals surface area (Å²) in [5.41, 5.74) is 2.19. The summed E-state index contributed by atoms with van der Waals surface area (Å²) in [6.07, 6.45) is 1.69. The highest BCUT2D eigenvalue weighted by Gasteiger charge is 2.22. The van der Waals surface area contributed by atoms with Gasteiger partial charge in [0.1, 0.15) is 5.75 Å². The summed E-state index contributed by atoms with van der Waals surface area (Å²) in [5.74, 6) is -0.380. The Balaban J connectivity index is 2.09. The van der Waals surface area contributed by atoms with Gasteiger partial charge in [0, 0.05) is 11.8 Å². The maximum absolute atomic E-state index is 11.9. The second-order valence-electron chi connectivity index (χ2n) is 6.73. The van der Waals surface area contributed by atoms with Crippen molar-refractivity contribution in [1.82, 2.24) is 15.0 Å². The minimum absolute atomic E-state index is 0.00645. The highest BCUT2D eigenvalue weighted by molar-refractivity contribution is 7.90. The maximum Gasteiger partial charge on any atom is 0.341 e. The molecule has 1 N–H and O–H groups in total. The molecule has 1 aromatic carbocycles. The summed E-state index contributed by atoms with van der Waals surface area (Å²) in [6.45, 7) is 5.32. The first kappa shape index (κ1) is 21.5. The van der Waals surface area contributed by atoms with Crippen LogP contribution in [0.2, 0.25) is 0 Å². The van der Waals surface area contributed by atoms with Crippen molar-refractivity contribution in [3.8, 4) is 23.1 Å². The van der Waals surface area contributed by atoms with E-state index in [1.54, 1.807) is 26.0 Å². The van der Waals surface area contributed by atoms with E-state index in [1.165, 1.54) is 0 Å². The highest BCUT2D eigenvalue weighted by Crippen LogP contribution is 2.33. The number of hydrogen-bond donors (Lipinski definition) is 1. The van der Waals surface area contributed by atoms with Crippen LogP contribution in [0.4, 0.5) is 0 Å². The fourth-order valence-electron chi connectivity index (χ4n) is 2.80. The Bertz CT molecular complexity index is 1200. The summed E-state index contributed by atoms with van der Waals surface area (Å²) in [5, 5.41) is 8.41. The fraction of sp³-hybridized carbons (Fsp3) is 0.368. The minimum Gasteiger partial charge on any atom is -0.481 e. The first-order chi connectivity index (χ1) is 14.1. The number of aliphatic carboxylic acids is 1. The molecule has 0 spiro atoms. The van der Waals surface area contributed by atoms with Crippen LogP contribution < -0.4 is 9.47 Å². The molecule has 11 heteroatoms. The van der Waals surface area contributed by atoms with Crippen molar-refractivity contribution >= 4 is 27.0 Å². The topological polar surface area (TPSA) is 142 Å². The van der Waals surface area contributed by atoms with Gasteiger partial charge >= 0.3 is 5.97 Å². The van der Waals surface area contributed by atoms with Gasteiger partial charge in [-0.3, -0.25) is 0 Å². The molecule has 0 aliphatic rings. The van der Waals surface area contributed by atoms with Crippen molar-refractivity contribution < 1.29 is 32.2 Å². The largest absolute Gasteiger partial charge is 0.481 e. The molecule has 30 heavy (non-hydrogen) atoms. The molecule has 0 saturated heterocycles. The van der Waals surface area contributed by atoms with Crippen LogP contribution in [-0.4, -0.2) is 53.9 Å². The van der Waals surface area contributed by atoms with Gasteiger partial charge in [0.25, 0.3) is 10.9 Å². The Labute approximate surface area is 172 Å². The van der Waals surface area contributed by atoms with Crippen LogP contribution in [-0.2, 0) is 14.6 Å². The summed E-state index contributed by atoms with van der Waals surface area (Å²) in [4.78, 5) is 23.1. The lowest BCUT2D eigenvalue weighted by Crippen LogP contribution is -2.10. The number of nitrogens with zero attached hydrogens (tertiary/aromatic N) is 3. The number of aromatic nitrogens is 3. The quantitative estimate of drug-likeness (QED) is 0.524. The predicted molar refractivity (Wildman–Crippen MR) is 107 cm³/mol. The minimum atomic E-state index is -3.68. The number of hydrogen-bond acceptors (Lipinski definition) is 9. The van der Waals surface area contributed by atoms with Crippen LogP contribution in [0.1, 0.15) is 24.5 Å². The molecule has 160 valence electrons. The number of benzene rings is 1. The van der Waals surface area contributed by atoms with E-state index in [0.717, 1.165) is 6.26 Å². The number of aryl methyl sites for hydroxylation is 2. The number of carboxylic acid groups (broad SMARTS) is 1. The van der Waals surface area contributed by atoms with Crippen LogP contribution in [0.5, 0.6) is 11.6 Å². The van der Waals surface area contributed by atoms with E-state index in [2.05, 4.69) is 15.0 Å². The molecule has 0 bridgehead atoms. The van der Waals surface area contributed by atoms with Crippen molar-refractivity contribution in [3.05, 3.63) is 23.3 Å². The van der Waals surface area contributed by atoms with Crippen molar-refractivity contribution in [2.45, 2.75) is 32.3 Å². The van der Waals surface area contributed by atoms with E-state index in [-0.39, 0.29) is 23.0 Å². The second kappa shape index (κ2) is 8.27. The number of rotatable bonds is 8. The van der Waals surface area contributed by atoms with Crippen LogP contribution in [0, 0.1) is 13.8 Å².